The van der Waals surface area contributed by atoms with Crippen molar-refractivity contribution in [2.24, 2.45) is 0 Å². The molecule has 0 N–H and O–H groups in total. The quantitative estimate of drug-likeness (QED) is 0.832. The maximum atomic E-state index is 12.4. The van der Waals surface area contributed by atoms with E-state index in [0.717, 1.165) is 38.5 Å². The molecule has 0 aromatic carbocycles. The summed E-state index contributed by atoms with van der Waals surface area (Å²) in [4.78, 5) is 20.5. The number of hydrogen-bond donors (Lipinski definition) is 0. The van der Waals surface area contributed by atoms with Gasteiger partial charge in [-0.05, 0) is 19.1 Å². The Morgan fingerprint density at radius 1 is 1.38 bits per heavy atom. The van der Waals surface area contributed by atoms with Crippen molar-refractivity contribution in [2.45, 2.75) is 19.5 Å². The number of aromatic nitrogens is 3. The topological polar surface area (TPSA) is 67.4 Å². The lowest BCUT2D eigenvalue weighted by Crippen LogP contribution is -2.49. The minimum absolute atomic E-state index is 0.0955. The van der Waals surface area contributed by atoms with Crippen LogP contribution in [0.25, 0.3) is 0 Å². The highest BCUT2D eigenvalue weighted by atomic mass is 16.3. The number of nitrogens with zero attached hydrogens (tertiary/aromatic N) is 5. The van der Waals surface area contributed by atoms with Crippen LogP contribution < -0.4 is 0 Å². The second kappa shape index (κ2) is 6.09. The second-order valence-corrected chi connectivity index (χ2v) is 5.23. The highest BCUT2D eigenvalue weighted by molar-refractivity contribution is 5.80. The molecule has 2 aromatic rings. The Hall–Kier alpha value is -2.15. The molecule has 1 saturated heterocycles. The molecular weight excluding hydrogens is 270 g/mol. The third kappa shape index (κ3) is 3.13. The molecule has 112 valence electrons. The van der Waals surface area contributed by atoms with E-state index < -0.39 is 0 Å². The van der Waals surface area contributed by atoms with Gasteiger partial charge in [0.2, 0.25) is 5.91 Å². The van der Waals surface area contributed by atoms with Crippen LogP contribution in [0.1, 0.15) is 18.7 Å². The first-order chi connectivity index (χ1) is 10.2. The van der Waals surface area contributed by atoms with Crippen molar-refractivity contribution in [3.63, 3.8) is 0 Å². The molecule has 1 fully saturated rings. The van der Waals surface area contributed by atoms with Crippen molar-refractivity contribution in [1.82, 2.24) is 24.6 Å². The van der Waals surface area contributed by atoms with Gasteiger partial charge >= 0.3 is 0 Å². The Kier molecular flexibility index (Phi) is 4.01. The van der Waals surface area contributed by atoms with Crippen LogP contribution in [-0.2, 0) is 11.3 Å². The van der Waals surface area contributed by atoms with E-state index >= 15 is 0 Å². The van der Waals surface area contributed by atoms with Crippen LogP contribution in [0.15, 0.2) is 35.5 Å². The van der Waals surface area contributed by atoms with Gasteiger partial charge < -0.3 is 9.32 Å². The highest BCUT2D eigenvalue weighted by Crippen LogP contribution is 2.13. The van der Waals surface area contributed by atoms with Gasteiger partial charge in [0.15, 0.2) is 0 Å². The summed E-state index contributed by atoms with van der Waals surface area (Å²) in [6.07, 6.45) is 4.72. The van der Waals surface area contributed by atoms with Crippen molar-refractivity contribution >= 4 is 5.91 Å². The van der Waals surface area contributed by atoms with Crippen LogP contribution in [-0.4, -0.2) is 56.7 Å². The summed E-state index contributed by atoms with van der Waals surface area (Å²) in [5.41, 5.74) is 0. The smallest absolute Gasteiger partial charge is 0.247 e. The summed E-state index contributed by atoms with van der Waals surface area (Å²) in [5.74, 6) is 1.06. The third-order valence-electron chi connectivity index (χ3n) is 3.83. The molecule has 3 rings (SSSR count). The molecule has 1 aliphatic heterocycles. The first-order valence-corrected chi connectivity index (χ1v) is 7.11. The van der Waals surface area contributed by atoms with E-state index in [2.05, 4.69) is 15.0 Å². The van der Waals surface area contributed by atoms with Gasteiger partial charge in [0.05, 0.1) is 12.8 Å². The predicted octanol–water partition coefficient (Wildman–Crippen LogP) is 0.776. The number of carbonyl (C=O) groups excluding carboxylic acids is 1. The second-order valence-electron chi connectivity index (χ2n) is 5.23. The van der Waals surface area contributed by atoms with E-state index in [0.29, 0.717) is 0 Å². The van der Waals surface area contributed by atoms with Crippen LogP contribution in [0, 0.1) is 0 Å². The maximum Gasteiger partial charge on any atom is 0.247 e. The van der Waals surface area contributed by atoms with E-state index in [-0.39, 0.29) is 11.9 Å². The summed E-state index contributed by atoms with van der Waals surface area (Å²) in [6.45, 7) is 5.84. The van der Waals surface area contributed by atoms with Gasteiger partial charge in [-0.2, -0.15) is 5.10 Å². The number of piperazine rings is 1. The highest BCUT2D eigenvalue weighted by Gasteiger charge is 2.26. The molecule has 1 atom stereocenters. The average Bonchev–Trinajstić information content (AvgIpc) is 3.20. The Labute approximate surface area is 123 Å². The minimum atomic E-state index is -0.302. The molecule has 0 bridgehead atoms. The van der Waals surface area contributed by atoms with Crippen molar-refractivity contribution in [3.8, 4) is 0 Å². The van der Waals surface area contributed by atoms with Gasteiger partial charge in [-0.15, -0.1) is 0 Å². The lowest BCUT2D eigenvalue weighted by atomic mass is 10.2. The lowest BCUT2D eigenvalue weighted by molar-refractivity contribution is -0.136. The van der Waals surface area contributed by atoms with Gasteiger partial charge in [-0.25, -0.2) is 9.67 Å². The number of hydrogen-bond acceptors (Lipinski definition) is 5. The summed E-state index contributed by atoms with van der Waals surface area (Å²) >= 11 is 0. The van der Waals surface area contributed by atoms with E-state index in [1.54, 1.807) is 17.3 Å². The first-order valence-electron chi connectivity index (χ1n) is 7.11. The molecule has 0 radical (unpaired) electrons. The Morgan fingerprint density at radius 3 is 2.81 bits per heavy atom. The number of carbonyl (C=O) groups is 1. The molecule has 0 spiro atoms. The van der Waals surface area contributed by atoms with Gasteiger partial charge in [-0.1, -0.05) is 0 Å². The van der Waals surface area contributed by atoms with Crippen LogP contribution in [0.5, 0.6) is 0 Å². The Bertz CT molecular complexity index is 558. The van der Waals surface area contributed by atoms with Crippen LogP contribution >= 0.6 is 0 Å². The van der Waals surface area contributed by atoms with Gasteiger partial charge in [0.1, 0.15) is 24.5 Å². The first kappa shape index (κ1) is 13.8. The molecule has 0 saturated carbocycles. The zero-order valence-corrected chi connectivity index (χ0v) is 12.1. The average molecular weight is 289 g/mol. The Morgan fingerprint density at radius 2 is 2.19 bits per heavy atom. The maximum absolute atomic E-state index is 12.4. The normalized spacial score (nSPS) is 17.9. The molecule has 0 aliphatic carbocycles. The molecule has 7 nitrogen and oxygen atoms in total. The summed E-state index contributed by atoms with van der Waals surface area (Å²) in [5, 5.41) is 4.03. The zero-order valence-electron chi connectivity index (χ0n) is 12.1. The van der Waals surface area contributed by atoms with Crippen LogP contribution in [0.4, 0.5) is 0 Å². The monoisotopic (exact) mass is 289 g/mol. The summed E-state index contributed by atoms with van der Waals surface area (Å²) < 4.78 is 6.95. The number of amides is 1. The molecule has 0 unspecified atom stereocenters. The SMILES string of the molecule is C[C@@H](C(=O)N1CCN(Cc2ccco2)CC1)n1cncn1. The van der Waals surface area contributed by atoms with Crippen LogP contribution in [0.2, 0.25) is 0 Å². The van der Waals surface area contributed by atoms with E-state index in [9.17, 15) is 4.79 Å². The molecule has 21 heavy (non-hydrogen) atoms. The third-order valence-corrected chi connectivity index (χ3v) is 3.83. The Balaban J connectivity index is 1.52. The van der Waals surface area contributed by atoms with Gasteiger partial charge in [0.25, 0.3) is 0 Å². The van der Waals surface area contributed by atoms with E-state index in [4.69, 9.17) is 4.42 Å². The van der Waals surface area contributed by atoms with E-state index in [1.807, 2.05) is 24.0 Å². The number of rotatable bonds is 4. The molecule has 1 aliphatic rings. The van der Waals surface area contributed by atoms with Crippen molar-refractivity contribution in [3.05, 3.63) is 36.8 Å². The zero-order chi connectivity index (χ0) is 14.7. The standard InChI is InChI=1S/C14H19N5O2/c1-12(19-11-15-10-16-19)14(20)18-6-4-17(5-7-18)9-13-3-2-8-21-13/h2-3,8,10-12H,4-7,9H2,1H3/t12-/m0/s1. The van der Waals surface area contributed by atoms with E-state index in [1.165, 1.54) is 6.33 Å². The number of furan rings is 1. The molecule has 2 aromatic heterocycles. The molecule has 3 heterocycles. The van der Waals surface area contributed by atoms with Crippen molar-refractivity contribution in [1.29, 1.82) is 0 Å². The van der Waals surface area contributed by atoms with Crippen molar-refractivity contribution < 1.29 is 9.21 Å². The lowest BCUT2D eigenvalue weighted by Gasteiger charge is -2.35. The van der Waals surface area contributed by atoms with Crippen molar-refractivity contribution in [2.75, 3.05) is 26.2 Å². The molecular formula is C14H19N5O2. The summed E-state index contributed by atoms with van der Waals surface area (Å²) in [6, 6.07) is 3.57. The fourth-order valence-electron chi connectivity index (χ4n) is 2.54. The minimum Gasteiger partial charge on any atom is -0.468 e. The molecule has 1 amide bonds. The van der Waals surface area contributed by atoms with Gasteiger partial charge in [-0.3, -0.25) is 9.69 Å². The fourth-order valence-corrected chi connectivity index (χ4v) is 2.54. The molecule has 7 heteroatoms. The van der Waals surface area contributed by atoms with Gasteiger partial charge in [0, 0.05) is 26.2 Å². The summed E-state index contributed by atoms with van der Waals surface area (Å²) in [7, 11) is 0. The van der Waals surface area contributed by atoms with Crippen LogP contribution in [0.3, 0.4) is 0 Å². The fraction of sp³-hybridized carbons (Fsp3) is 0.500. The predicted molar refractivity (Wildman–Crippen MR) is 75.3 cm³/mol. The largest absolute Gasteiger partial charge is 0.468 e.